The van der Waals surface area contributed by atoms with Gasteiger partial charge in [-0.15, -0.1) is 0 Å². The van der Waals surface area contributed by atoms with Crippen LogP contribution in [0.3, 0.4) is 0 Å². The summed E-state index contributed by atoms with van der Waals surface area (Å²) in [4.78, 5) is 12.1. The Balaban J connectivity index is 1.75. The summed E-state index contributed by atoms with van der Waals surface area (Å²) in [7, 11) is -1.94. The number of nitrogen functional groups attached to an aromatic ring is 1. The van der Waals surface area contributed by atoms with E-state index in [0.29, 0.717) is 24.1 Å². The van der Waals surface area contributed by atoms with Gasteiger partial charge in [-0.25, -0.2) is 4.79 Å². The Kier molecular flexibility index (Phi) is 4.73. The second kappa shape index (κ2) is 6.35. The molecule has 7 nitrogen and oxygen atoms in total. The summed E-state index contributed by atoms with van der Waals surface area (Å²) in [5.41, 5.74) is 0.311. The first-order valence-corrected chi connectivity index (χ1v) is 12.3. The maximum absolute atomic E-state index is 12.1. The third-order valence-electron chi connectivity index (χ3n) is 6.67. The van der Waals surface area contributed by atoms with Crippen LogP contribution >= 0.6 is 0 Å². The van der Waals surface area contributed by atoms with Crippen molar-refractivity contribution in [3.8, 4) is 6.01 Å². The van der Waals surface area contributed by atoms with Crippen LogP contribution in [-0.4, -0.2) is 31.8 Å². The fourth-order valence-corrected chi connectivity index (χ4v) is 5.84. The van der Waals surface area contributed by atoms with Crippen molar-refractivity contribution < 1.29 is 18.5 Å². The minimum absolute atomic E-state index is 0.147. The highest BCUT2D eigenvalue weighted by atomic mass is 28.4. The van der Waals surface area contributed by atoms with Crippen molar-refractivity contribution in [3.05, 3.63) is 22.1 Å². The average molecular weight is 383 g/mol. The van der Waals surface area contributed by atoms with Crippen molar-refractivity contribution in [1.29, 1.82) is 0 Å². The molecule has 2 aliphatic rings. The van der Waals surface area contributed by atoms with E-state index in [1.54, 1.807) is 13.1 Å². The zero-order chi connectivity index (χ0) is 19.4. The number of hydrogen-bond acceptors (Lipinski definition) is 5. The van der Waals surface area contributed by atoms with Crippen LogP contribution in [-0.2, 0) is 9.16 Å². The fourth-order valence-electron chi connectivity index (χ4n) is 3.50. The first kappa shape index (κ1) is 19.4. The number of nitrogens with zero attached hydrogens (tertiary/aromatic N) is 2. The molecular formula is C18H32N3O4Si+. The number of nitrogens with two attached hydrogens (primary N) is 1. The van der Waals surface area contributed by atoms with Crippen LogP contribution in [0.15, 0.2) is 11.0 Å². The number of fused-ring (bicyclic) bond motifs is 4. The van der Waals surface area contributed by atoms with Crippen molar-refractivity contribution in [2.24, 2.45) is 5.92 Å². The molecular weight excluding hydrogens is 350 g/mol. The molecule has 1 saturated heterocycles. The highest BCUT2D eigenvalue weighted by Gasteiger charge is 2.50. The molecule has 3 rings (SSSR count). The van der Waals surface area contributed by atoms with Crippen molar-refractivity contribution >= 4 is 8.32 Å². The molecule has 8 heteroatoms. The van der Waals surface area contributed by atoms with E-state index in [1.165, 1.54) is 0 Å². The maximum atomic E-state index is 12.1. The molecule has 2 N–H and O–H groups in total. The third kappa shape index (κ3) is 2.97. The lowest BCUT2D eigenvalue weighted by molar-refractivity contribution is -0.770. The predicted molar refractivity (Wildman–Crippen MR) is 101 cm³/mol. The third-order valence-corrected chi connectivity index (χ3v) is 11.2. The van der Waals surface area contributed by atoms with Crippen LogP contribution in [0.25, 0.3) is 0 Å². The Hall–Kier alpha value is -1.38. The Morgan fingerprint density at radius 3 is 2.73 bits per heavy atom. The van der Waals surface area contributed by atoms with Crippen LogP contribution in [0.4, 0.5) is 0 Å². The average Bonchev–Trinajstić information content (AvgIpc) is 2.89. The van der Waals surface area contributed by atoms with Gasteiger partial charge in [-0.05, 0) is 31.0 Å². The van der Waals surface area contributed by atoms with E-state index >= 15 is 0 Å². The number of aryl methyl sites for hydroxylation is 1. The van der Waals surface area contributed by atoms with E-state index in [2.05, 4.69) is 40.8 Å². The van der Waals surface area contributed by atoms with E-state index in [9.17, 15) is 4.79 Å². The number of rotatable bonds is 5. The molecule has 0 saturated carbocycles. The number of ether oxygens (including phenoxy) is 2. The zero-order valence-corrected chi connectivity index (χ0v) is 17.9. The number of hydrogen-bond donors (Lipinski definition) is 1. The number of aromatic nitrogens is 2. The van der Waals surface area contributed by atoms with Gasteiger partial charge in [-0.3, -0.25) is 5.84 Å². The summed E-state index contributed by atoms with van der Waals surface area (Å²) in [5, 5.41) is 0.147. The molecule has 0 unspecified atom stereocenters. The van der Waals surface area contributed by atoms with Gasteiger partial charge < -0.3 is 13.9 Å². The molecule has 3 heterocycles. The molecule has 0 radical (unpaired) electrons. The predicted octanol–water partition coefficient (Wildman–Crippen LogP) is 1.86. The summed E-state index contributed by atoms with van der Waals surface area (Å²) in [6.45, 7) is 15.8. The van der Waals surface area contributed by atoms with Crippen LogP contribution < -0.4 is 20.7 Å². The Morgan fingerprint density at radius 2 is 2.12 bits per heavy atom. The maximum Gasteiger partial charge on any atom is 0.485 e. The smallest absolute Gasteiger partial charge is 0.423 e. The molecule has 2 aliphatic heterocycles. The highest BCUT2D eigenvalue weighted by molar-refractivity contribution is 6.74. The van der Waals surface area contributed by atoms with E-state index in [1.807, 2.05) is 4.57 Å². The lowest BCUT2D eigenvalue weighted by Crippen LogP contribution is -2.52. The molecule has 146 valence electrons. The van der Waals surface area contributed by atoms with Crippen LogP contribution in [0.5, 0.6) is 6.01 Å². The lowest BCUT2D eigenvalue weighted by Gasteiger charge is -2.43. The van der Waals surface area contributed by atoms with Crippen molar-refractivity contribution in [1.82, 2.24) is 4.68 Å². The van der Waals surface area contributed by atoms with Gasteiger partial charge in [0, 0.05) is 0 Å². The molecule has 0 aliphatic carbocycles. The van der Waals surface area contributed by atoms with Gasteiger partial charge in [0.05, 0.1) is 18.6 Å². The van der Waals surface area contributed by atoms with Crippen molar-refractivity contribution in [3.63, 3.8) is 0 Å². The van der Waals surface area contributed by atoms with Gasteiger partial charge >= 0.3 is 11.6 Å². The Labute approximate surface area is 156 Å². The van der Waals surface area contributed by atoms with E-state index in [0.717, 1.165) is 11.1 Å². The zero-order valence-electron chi connectivity index (χ0n) is 16.9. The SMILES string of the molecule is Cc1c[n+]2c(n(N)c1=O)O[C@H]1C[C@H]2O[C@@H]1CO[Si](C)(C)C(C)(C)C(C)C. The van der Waals surface area contributed by atoms with Crippen LogP contribution in [0.2, 0.25) is 18.1 Å². The monoisotopic (exact) mass is 382 g/mol. The molecule has 1 aromatic heterocycles. The summed E-state index contributed by atoms with van der Waals surface area (Å²) >= 11 is 0. The molecule has 0 spiro atoms. The van der Waals surface area contributed by atoms with Gasteiger partial charge in [0.25, 0.3) is 0 Å². The normalized spacial score (nSPS) is 25.3. The summed E-state index contributed by atoms with van der Waals surface area (Å²) in [5.74, 6) is 6.45. The summed E-state index contributed by atoms with van der Waals surface area (Å²) < 4.78 is 21.5. The van der Waals surface area contributed by atoms with Gasteiger partial charge in [-0.2, -0.15) is 4.57 Å². The molecule has 2 bridgehead atoms. The molecule has 3 atom stereocenters. The van der Waals surface area contributed by atoms with Crippen molar-refractivity contribution in [2.45, 2.75) is 77.6 Å². The lowest BCUT2D eigenvalue weighted by atomic mass is 9.99. The molecule has 26 heavy (non-hydrogen) atoms. The van der Waals surface area contributed by atoms with E-state index in [4.69, 9.17) is 19.7 Å². The molecule has 0 aromatic carbocycles. The second-order valence-electron chi connectivity index (χ2n) is 8.90. The molecule has 1 aromatic rings. The topological polar surface area (TPSA) is 79.6 Å². The second-order valence-corrected chi connectivity index (χ2v) is 13.5. The quantitative estimate of drug-likeness (QED) is 0.478. The van der Waals surface area contributed by atoms with Gasteiger partial charge in [0.1, 0.15) is 18.4 Å². The van der Waals surface area contributed by atoms with Gasteiger partial charge in [-0.1, -0.05) is 32.4 Å². The fraction of sp³-hybridized carbons (Fsp3) is 0.778. The van der Waals surface area contributed by atoms with Gasteiger partial charge in [0.15, 0.2) is 8.32 Å². The van der Waals surface area contributed by atoms with Gasteiger partial charge in [0.2, 0.25) is 6.23 Å². The van der Waals surface area contributed by atoms with E-state index < -0.39 is 8.32 Å². The Bertz CT molecular complexity index is 760. The van der Waals surface area contributed by atoms with Crippen LogP contribution in [0, 0.1) is 12.8 Å². The first-order valence-electron chi connectivity index (χ1n) is 9.34. The minimum atomic E-state index is -1.94. The summed E-state index contributed by atoms with van der Waals surface area (Å²) in [6, 6.07) is 0.350. The first-order chi connectivity index (χ1) is 12.0. The minimum Gasteiger partial charge on any atom is -0.423 e. The molecule has 1 fully saturated rings. The van der Waals surface area contributed by atoms with Crippen LogP contribution in [0.1, 0.15) is 45.9 Å². The van der Waals surface area contributed by atoms with E-state index in [-0.39, 0.29) is 29.0 Å². The standard InChI is InChI=1S/C18H32N3O4Si/c1-11(2)18(4,5)26(6,7)23-10-14-13-8-15(24-14)20-9-12(3)16(22)21(19)17(20)25-13/h9,11,13-15H,8,10,19H2,1-7H3/q+1/t13-,14+,15+/m0/s1. The highest BCUT2D eigenvalue weighted by Crippen LogP contribution is 2.45. The molecule has 0 amide bonds. The summed E-state index contributed by atoms with van der Waals surface area (Å²) in [6.07, 6.45) is 2.01. The largest absolute Gasteiger partial charge is 0.485 e. The van der Waals surface area contributed by atoms with Crippen molar-refractivity contribution in [2.75, 3.05) is 12.4 Å². The Morgan fingerprint density at radius 1 is 1.46 bits per heavy atom.